The highest BCUT2D eigenvalue weighted by atomic mass is 16.5. The minimum absolute atomic E-state index is 0.300. The number of methoxy groups -OCH3 is 1. The fraction of sp³-hybridized carbons (Fsp3) is 0.0588. The van der Waals surface area contributed by atoms with E-state index >= 15 is 0 Å². The summed E-state index contributed by atoms with van der Waals surface area (Å²) in [7, 11) is 1.59. The molecule has 0 saturated carbocycles. The maximum absolute atomic E-state index is 12.1. The van der Waals surface area contributed by atoms with Gasteiger partial charge in [-0.1, -0.05) is 18.2 Å². The Morgan fingerprint density at radius 1 is 1.25 bits per heavy atom. The van der Waals surface area contributed by atoms with Crippen LogP contribution >= 0.6 is 0 Å². The average molecular weight is 321 g/mol. The summed E-state index contributed by atoms with van der Waals surface area (Å²) >= 11 is 0. The van der Waals surface area contributed by atoms with Crippen LogP contribution in [0.5, 0.6) is 5.75 Å². The van der Waals surface area contributed by atoms with Crippen LogP contribution in [0.4, 0.5) is 0 Å². The van der Waals surface area contributed by atoms with Gasteiger partial charge in [0.15, 0.2) is 0 Å². The molecule has 0 atom stereocenters. The van der Waals surface area contributed by atoms with Crippen molar-refractivity contribution < 1.29 is 9.53 Å². The third-order valence-corrected chi connectivity index (χ3v) is 3.26. The molecule has 7 nitrogen and oxygen atoms in total. The van der Waals surface area contributed by atoms with E-state index in [1.807, 2.05) is 30.3 Å². The number of H-pyrrole nitrogens is 1. The predicted octanol–water partition coefficient (Wildman–Crippen LogP) is 2.24. The first-order valence-corrected chi connectivity index (χ1v) is 7.21. The van der Waals surface area contributed by atoms with Crippen molar-refractivity contribution in [2.45, 2.75) is 0 Å². The van der Waals surface area contributed by atoms with Crippen molar-refractivity contribution in [3.63, 3.8) is 0 Å². The van der Waals surface area contributed by atoms with E-state index in [1.165, 1.54) is 6.21 Å². The maximum atomic E-state index is 12.1. The number of hydrogen-bond acceptors (Lipinski definition) is 5. The van der Waals surface area contributed by atoms with Gasteiger partial charge in [0.2, 0.25) is 0 Å². The van der Waals surface area contributed by atoms with Gasteiger partial charge in [0.05, 0.1) is 24.7 Å². The molecule has 0 radical (unpaired) electrons. The van der Waals surface area contributed by atoms with Gasteiger partial charge in [-0.25, -0.2) is 5.43 Å². The summed E-state index contributed by atoms with van der Waals surface area (Å²) in [5, 5.41) is 10.7. The van der Waals surface area contributed by atoms with Gasteiger partial charge in [-0.15, -0.1) is 0 Å². The van der Waals surface area contributed by atoms with E-state index in [-0.39, 0.29) is 0 Å². The van der Waals surface area contributed by atoms with Crippen LogP contribution in [0, 0.1) is 0 Å². The lowest BCUT2D eigenvalue weighted by Gasteiger charge is -2.04. The van der Waals surface area contributed by atoms with Crippen LogP contribution < -0.4 is 10.2 Å². The lowest BCUT2D eigenvalue weighted by Crippen LogP contribution is -2.18. The van der Waals surface area contributed by atoms with Gasteiger partial charge in [0.25, 0.3) is 5.91 Å². The summed E-state index contributed by atoms with van der Waals surface area (Å²) in [4.78, 5) is 16.2. The summed E-state index contributed by atoms with van der Waals surface area (Å²) < 4.78 is 5.30. The van der Waals surface area contributed by atoms with E-state index in [0.717, 1.165) is 5.56 Å². The van der Waals surface area contributed by atoms with Crippen LogP contribution in [0.1, 0.15) is 16.2 Å². The Kier molecular flexibility index (Phi) is 4.62. The van der Waals surface area contributed by atoms with Crippen LogP contribution in [0.2, 0.25) is 0 Å². The Morgan fingerprint density at radius 2 is 2.08 bits per heavy atom. The van der Waals surface area contributed by atoms with Gasteiger partial charge in [0.1, 0.15) is 11.4 Å². The van der Waals surface area contributed by atoms with E-state index < -0.39 is 5.91 Å². The number of pyridine rings is 1. The van der Waals surface area contributed by atoms with E-state index in [2.05, 4.69) is 25.7 Å². The van der Waals surface area contributed by atoms with Crippen LogP contribution in [-0.2, 0) is 0 Å². The van der Waals surface area contributed by atoms with Crippen LogP contribution in [0.25, 0.3) is 11.3 Å². The molecule has 0 bridgehead atoms. The molecule has 24 heavy (non-hydrogen) atoms. The highest BCUT2D eigenvalue weighted by molar-refractivity contribution is 5.94. The third kappa shape index (κ3) is 3.46. The fourth-order valence-electron chi connectivity index (χ4n) is 2.10. The SMILES string of the molecule is COc1ccccc1-c1cc(C(=O)N/N=C/c2ccccn2)[nH]n1. The molecule has 2 heterocycles. The number of hydrogen-bond donors (Lipinski definition) is 2. The van der Waals surface area contributed by atoms with Crippen LogP contribution in [-0.4, -0.2) is 34.4 Å². The van der Waals surface area contributed by atoms with Gasteiger partial charge < -0.3 is 4.74 Å². The number of aromatic nitrogens is 3. The Hall–Kier alpha value is -3.48. The number of amides is 1. The van der Waals surface area contributed by atoms with Gasteiger partial charge in [-0.2, -0.15) is 10.2 Å². The summed E-state index contributed by atoms with van der Waals surface area (Å²) in [6.07, 6.45) is 3.12. The summed E-state index contributed by atoms with van der Waals surface area (Å²) in [6.45, 7) is 0. The molecule has 0 saturated heterocycles. The van der Waals surface area contributed by atoms with Crippen molar-refractivity contribution >= 4 is 12.1 Å². The molecule has 0 spiro atoms. The molecular formula is C17H15N5O2. The highest BCUT2D eigenvalue weighted by Crippen LogP contribution is 2.28. The number of carbonyl (C=O) groups is 1. The number of benzene rings is 1. The fourth-order valence-corrected chi connectivity index (χ4v) is 2.10. The normalized spacial score (nSPS) is 10.7. The first-order chi connectivity index (χ1) is 11.8. The zero-order chi connectivity index (χ0) is 16.8. The third-order valence-electron chi connectivity index (χ3n) is 3.26. The standard InChI is InChI=1S/C17H15N5O2/c1-24-16-8-3-2-7-13(16)14-10-15(21-20-14)17(23)22-19-11-12-6-4-5-9-18-12/h2-11H,1H3,(H,20,21)(H,22,23)/b19-11+. The van der Waals surface area contributed by atoms with E-state index in [9.17, 15) is 4.79 Å². The second-order valence-electron chi connectivity index (χ2n) is 4.82. The summed E-state index contributed by atoms with van der Waals surface area (Å²) in [6, 6.07) is 14.5. The zero-order valence-electron chi connectivity index (χ0n) is 12.9. The molecule has 2 N–H and O–H groups in total. The van der Waals surface area contributed by atoms with Crippen molar-refractivity contribution in [1.82, 2.24) is 20.6 Å². The number of para-hydroxylation sites is 1. The Bertz CT molecular complexity index is 858. The molecule has 120 valence electrons. The van der Waals surface area contributed by atoms with Gasteiger partial charge in [-0.3, -0.25) is 14.9 Å². The van der Waals surface area contributed by atoms with Crippen LogP contribution in [0.3, 0.4) is 0 Å². The number of ether oxygens (including phenoxy) is 1. The van der Waals surface area contributed by atoms with E-state index in [1.54, 1.807) is 31.5 Å². The first kappa shape index (κ1) is 15.4. The summed E-state index contributed by atoms with van der Waals surface area (Å²) in [5.74, 6) is 0.292. The predicted molar refractivity (Wildman–Crippen MR) is 89.9 cm³/mol. The molecule has 7 heteroatoms. The van der Waals surface area contributed by atoms with Crippen molar-refractivity contribution in [1.29, 1.82) is 0 Å². The molecular weight excluding hydrogens is 306 g/mol. The average Bonchev–Trinajstić information content (AvgIpc) is 3.12. The number of rotatable bonds is 5. The Labute approximate surface area is 138 Å². The monoisotopic (exact) mass is 321 g/mol. The maximum Gasteiger partial charge on any atom is 0.289 e. The Balaban J connectivity index is 1.71. The quantitative estimate of drug-likeness (QED) is 0.557. The lowest BCUT2D eigenvalue weighted by molar-refractivity contribution is 0.0950. The molecule has 0 aliphatic rings. The molecule has 0 aliphatic heterocycles. The van der Waals surface area contributed by atoms with Crippen molar-refractivity contribution in [2.24, 2.45) is 5.10 Å². The Morgan fingerprint density at radius 3 is 2.88 bits per heavy atom. The first-order valence-electron chi connectivity index (χ1n) is 7.21. The molecule has 3 rings (SSSR count). The second kappa shape index (κ2) is 7.19. The summed E-state index contributed by atoms with van der Waals surface area (Å²) in [5.41, 5.74) is 4.79. The molecule has 2 aromatic heterocycles. The minimum Gasteiger partial charge on any atom is -0.496 e. The number of carbonyl (C=O) groups excluding carboxylic acids is 1. The number of hydrazone groups is 1. The topological polar surface area (TPSA) is 92.3 Å². The molecule has 1 amide bonds. The highest BCUT2D eigenvalue weighted by Gasteiger charge is 2.13. The van der Waals surface area contributed by atoms with Gasteiger partial charge in [0, 0.05) is 11.8 Å². The number of nitrogens with one attached hydrogen (secondary N) is 2. The second-order valence-corrected chi connectivity index (χ2v) is 4.82. The van der Waals surface area contributed by atoms with Crippen molar-refractivity contribution in [3.05, 3.63) is 66.1 Å². The zero-order valence-corrected chi connectivity index (χ0v) is 12.9. The lowest BCUT2D eigenvalue weighted by atomic mass is 10.1. The molecule has 0 fully saturated rings. The minimum atomic E-state index is -0.393. The largest absolute Gasteiger partial charge is 0.496 e. The van der Waals surface area contributed by atoms with E-state index in [0.29, 0.717) is 22.8 Å². The number of nitrogens with zero attached hydrogens (tertiary/aromatic N) is 3. The van der Waals surface area contributed by atoms with Crippen molar-refractivity contribution in [2.75, 3.05) is 7.11 Å². The van der Waals surface area contributed by atoms with Crippen molar-refractivity contribution in [3.8, 4) is 17.0 Å². The van der Waals surface area contributed by atoms with Crippen LogP contribution in [0.15, 0.2) is 59.8 Å². The molecule has 0 aliphatic carbocycles. The van der Waals surface area contributed by atoms with E-state index in [4.69, 9.17) is 4.74 Å². The molecule has 1 aromatic carbocycles. The molecule has 0 unspecified atom stereocenters. The molecule has 3 aromatic rings. The van der Waals surface area contributed by atoms with Gasteiger partial charge >= 0.3 is 0 Å². The smallest absolute Gasteiger partial charge is 0.289 e. The number of aromatic amines is 1. The van der Waals surface area contributed by atoms with Gasteiger partial charge in [-0.05, 0) is 30.3 Å².